The highest BCUT2D eigenvalue weighted by Gasteiger charge is 1.95. The van der Waals surface area contributed by atoms with Gasteiger partial charge in [0.1, 0.15) is 12.4 Å². The second kappa shape index (κ2) is 8.23. The van der Waals surface area contributed by atoms with Gasteiger partial charge in [-0.1, -0.05) is 36.4 Å². The number of aryl methyl sites for hydroxylation is 1. The van der Waals surface area contributed by atoms with Crippen molar-refractivity contribution in [2.24, 2.45) is 0 Å². The maximum Gasteiger partial charge on any atom is 0.121 e. The molecule has 0 bridgehead atoms. The van der Waals surface area contributed by atoms with Gasteiger partial charge in [0.25, 0.3) is 0 Å². The van der Waals surface area contributed by atoms with Crippen LogP contribution in [0.25, 0.3) is 0 Å². The summed E-state index contributed by atoms with van der Waals surface area (Å²) in [6, 6.07) is 17.9. The largest absolute Gasteiger partial charge is 0.491 e. The lowest BCUT2D eigenvalue weighted by Crippen LogP contribution is -2.08. The van der Waals surface area contributed by atoms with E-state index in [4.69, 9.17) is 15.2 Å². The average Bonchev–Trinajstić information content (AvgIpc) is 2.47. The summed E-state index contributed by atoms with van der Waals surface area (Å²) in [7, 11) is 0. The van der Waals surface area contributed by atoms with Crippen LogP contribution in [-0.2, 0) is 11.2 Å². The van der Waals surface area contributed by atoms with Gasteiger partial charge in [-0.15, -0.1) is 0 Å². The minimum atomic E-state index is 0.550. The van der Waals surface area contributed by atoms with Gasteiger partial charge >= 0.3 is 0 Å². The Hall–Kier alpha value is -2.00. The van der Waals surface area contributed by atoms with Crippen molar-refractivity contribution in [3.05, 3.63) is 60.2 Å². The lowest BCUT2D eigenvalue weighted by Gasteiger charge is -2.07. The minimum absolute atomic E-state index is 0.550. The zero-order valence-electron chi connectivity index (χ0n) is 11.6. The Morgan fingerprint density at radius 1 is 0.850 bits per heavy atom. The molecular formula is C17H21NO2. The Morgan fingerprint density at radius 3 is 2.50 bits per heavy atom. The Balaban J connectivity index is 1.52. The molecule has 0 aliphatic carbocycles. The van der Waals surface area contributed by atoms with Crippen LogP contribution in [-0.4, -0.2) is 19.8 Å². The molecule has 2 aromatic carbocycles. The fourth-order valence-electron chi connectivity index (χ4n) is 1.95. The van der Waals surface area contributed by atoms with Crippen LogP contribution < -0.4 is 10.5 Å². The predicted octanol–water partition coefficient (Wildman–Crippen LogP) is 3.30. The lowest BCUT2D eigenvalue weighted by molar-refractivity contribution is 0.0985. The van der Waals surface area contributed by atoms with Gasteiger partial charge in [-0.2, -0.15) is 0 Å². The van der Waals surface area contributed by atoms with E-state index in [0.717, 1.165) is 25.2 Å². The highest BCUT2D eigenvalue weighted by Crippen LogP contribution is 2.14. The zero-order chi connectivity index (χ0) is 14.0. The van der Waals surface area contributed by atoms with Gasteiger partial charge in [0.15, 0.2) is 0 Å². The van der Waals surface area contributed by atoms with Gasteiger partial charge in [-0.25, -0.2) is 0 Å². The van der Waals surface area contributed by atoms with Crippen molar-refractivity contribution in [3.8, 4) is 5.75 Å². The summed E-state index contributed by atoms with van der Waals surface area (Å²) in [5, 5.41) is 0. The first-order valence-electron chi connectivity index (χ1n) is 6.94. The molecular weight excluding hydrogens is 250 g/mol. The fraction of sp³-hybridized carbons (Fsp3) is 0.294. The van der Waals surface area contributed by atoms with E-state index in [0.29, 0.717) is 18.9 Å². The summed E-state index contributed by atoms with van der Waals surface area (Å²) < 4.78 is 11.1. The molecule has 2 N–H and O–H groups in total. The second-order valence-electron chi connectivity index (χ2n) is 4.62. The van der Waals surface area contributed by atoms with E-state index in [9.17, 15) is 0 Å². The van der Waals surface area contributed by atoms with E-state index in [-0.39, 0.29) is 0 Å². The number of anilines is 1. The summed E-state index contributed by atoms with van der Waals surface area (Å²) in [6.07, 6.45) is 2.08. The van der Waals surface area contributed by atoms with Crippen LogP contribution in [0.4, 0.5) is 5.69 Å². The Morgan fingerprint density at radius 2 is 1.70 bits per heavy atom. The van der Waals surface area contributed by atoms with Crippen LogP contribution in [0, 0.1) is 0 Å². The maximum atomic E-state index is 5.67. The molecule has 2 aromatic rings. The van der Waals surface area contributed by atoms with Gasteiger partial charge in [0.05, 0.1) is 6.61 Å². The van der Waals surface area contributed by atoms with Gasteiger partial charge in [-0.3, -0.25) is 0 Å². The van der Waals surface area contributed by atoms with Crippen molar-refractivity contribution in [1.82, 2.24) is 0 Å². The molecule has 0 saturated carbocycles. The van der Waals surface area contributed by atoms with Crippen LogP contribution in [0.5, 0.6) is 5.75 Å². The summed E-state index contributed by atoms with van der Waals surface area (Å²) >= 11 is 0. The summed E-state index contributed by atoms with van der Waals surface area (Å²) in [4.78, 5) is 0. The molecule has 0 aromatic heterocycles. The molecule has 0 spiro atoms. The molecule has 0 fully saturated rings. The summed E-state index contributed by atoms with van der Waals surface area (Å²) in [6.45, 7) is 1.91. The van der Waals surface area contributed by atoms with E-state index in [2.05, 4.69) is 24.3 Å². The van der Waals surface area contributed by atoms with Crippen molar-refractivity contribution in [2.45, 2.75) is 12.8 Å². The van der Waals surface area contributed by atoms with Crippen LogP contribution in [0.3, 0.4) is 0 Å². The van der Waals surface area contributed by atoms with Crippen LogP contribution in [0.1, 0.15) is 12.0 Å². The van der Waals surface area contributed by atoms with E-state index < -0.39 is 0 Å². The first-order chi connectivity index (χ1) is 9.84. The Labute approximate surface area is 120 Å². The molecule has 0 aliphatic rings. The molecule has 3 heteroatoms. The predicted molar refractivity (Wildman–Crippen MR) is 81.9 cm³/mol. The maximum absolute atomic E-state index is 5.67. The standard InChI is InChI=1S/C17H21NO2/c18-16-9-4-10-17(14-16)20-13-12-19-11-5-8-15-6-2-1-3-7-15/h1-4,6-7,9-10,14H,5,8,11-13,18H2. The molecule has 0 saturated heterocycles. The first kappa shape index (κ1) is 14.4. The van der Waals surface area contributed by atoms with E-state index in [1.807, 2.05) is 30.3 Å². The molecule has 0 heterocycles. The quantitative estimate of drug-likeness (QED) is 0.592. The number of hydrogen-bond acceptors (Lipinski definition) is 3. The molecule has 0 aliphatic heterocycles. The van der Waals surface area contributed by atoms with E-state index >= 15 is 0 Å². The third kappa shape index (κ3) is 5.33. The topological polar surface area (TPSA) is 44.5 Å². The van der Waals surface area contributed by atoms with E-state index in [1.165, 1.54) is 5.56 Å². The van der Waals surface area contributed by atoms with Crippen molar-refractivity contribution in [2.75, 3.05) is 25.6 Å². The van der Waals surface area contributed by atoms with Crippen molar-refractivity contribution >= 4 is 5.69 Å². The molecule has 106 valence electrons. The lowest BCUT2D eigenvalue weighted by atomic mass is 10.1. The molecule has 20 heavy (non-hydrogen) atoms. The van der Waals surface area contributed by atoms with Gasteiger partial charge in [-0.05, 0) is 30.5 Å². The third-order valence-corrected chi connectivity index (χ3v) is 2.95. The molecule has 3 nitrogen and oxygen atoms in total. The normalized spacial score (nSPS) is 10.4. The fourth-order valence-corrected chi connectivity index (χ4v) is 1.95. The van der Waals surface area contributed by atoms with Crippen molar-refractivity contribution < 1.29 is 9.47 Å². The monoisotopic (exact) mass is 271 g/mol. The van der Waals surface area contributed by atoms with Crippen molar-refractivity contribution in [3.63, 3.8) is 0 Å². The molecule has 0 amide bonds. The minimum Gasteiger partial charge on any atom is -0.491 e. The van der Waals surface area contributed by atoms with E-state index in [1.54, 1.807) is 0 Å². The van der Waals surface area contributed by atoms with Gasteiger partial charge < -0.3 is 15.2 Å². The zero-order valence-corrected chi connectivity index (χ0v) is 11.6. The molecule has 0 unspecified atom stereocenters. The SMILES string of the molecule is Nc1cccc(OCCOCCCc2ccccc2)c1. The summed E-state index contributed by atoms with van der Waals surface area (Å²) in [5.41, 5.74) is 7.74. The number of ether oxygens (including phenoxy) is 2. The van der Waals surface area contributed by atoms with Crippen LogP contribution in [0.2, 0.25) is 0 Å². The number of rotatable bonds is 8. The second-order valence-corrected chi connectivity index (χ2v) is 4.62. The number of nitrogens with two attached hydrogens (primary N) is 1. The number of nitrogen functional groups attached to an aromatic ring is 1. The highest BCUT2D eigenvalue weighted by molar-refractivity contribution is 5.43. The van der Waals surface area contributed by atoms with Gasteiger partial charge in [0, 0.05) is 18.4 Å². The highest BCUT2D eigenvalue weighted by atomic mass is 16.5. The van der Waals surface area contributed by atoms with Gasteiger partial charge in [0.2, 0.25) is 0 Å². The third-order valence-electron chi connectivity index (χ3n) is 2.95. The molecule has 0 atom stereocenters. The van der Waals surface area contributed by atoms with Crippen LogP contribution >= 0.6 is 0 Å². The Bertz CT molecular complexity index is 499. The Kier molecular flexibility index (Phi) is 5.93. The average molecular weight is 271 g/mol. The first-order valence-corrected chi connectivity index (χ1v) is 6.94. The smallest absolute Gasteiger partial charge is 0.121 e. The summed E-state index contributed by atoms with van der Waals surface area (Å²) in [5.74, 6) is 0.790. The van der Waals surface area contributed by atoms with Crippen LogP contribution in [0.15, 0.2) is 54.6 Å². The molecule has 2 rings (SSSR count). The van der Waals surface area contributed by atoms with Crippen molar-refractivity contribution in [1.29, 1.82) is 0 Å². The molecule has 0 radical (unpaired) electrons. The number of hydrogen-bond donors (Lipinski definition) is 1. The number of benzene rings is 2.